The number of esters is 1. The van der Waals surface area contributed by atoms with E-state index in [4.69, 9.17) is 9.47 Å². The molecule has 1 saturated carbocycles. The molecule has 0 bridgehead atoms. The number of nitrogens with zero attached hydrogens (tertiary/aromatic N) is 3. The maximum atomic E-state index is 11.8. The van der Waals surface area contributed by atoms with E-state index in [1.807, 2.05) is 42.5 Å². The summed E-state index contributed by atoms with van der Waals surface area (Å²) in [4.78, 5) is 11.8. The van der Waals surface area contributed by atoms with E-state index in [1.165, 1.54) is 26.4 Å². The zero-order chi connectivity index (χ0) is 21.6. The topological polar surface area (TPSA) is 66.2 Å². The quantitative estimate of drug-likeness (QED) is 0.357. The molecular weight excluding hydrogens is 410 g/mol. The Morgan fingerprint density at radius 1 is 1.06 bits per heavy atom. The number of thioether (sulfide) groups is 1. The van der Waals surface area contributed by atoms with E-state index in [1.54, 1.807) is 24.9 Å². The standard InChI is InChI=1S/C24H27N3O3S/c1-29-21-13-11-18(12-14-21)22-25-26-24(27(22)20-9-4-3-5-10-20)31-16-17-7-6-8-19(15-17)23(28)30-2/h6-8,11-15,20H,3-5,9-10,16H2,1-2H3. The summed E-state index contributed by atoms with van der Waals surface area (Å²) >= 11 is 1.66. The maximum Gasteiger partial charge on any atom is 0.337 e. The van der Waals surface area contributed by atoms with Gasteiger partial charge in [0.25, 0.3) is 0 Å². The molecule has 3 aromatic rings. The second-order valence-electron chi connectivity index (χ2n) is 7.68. The normalized spacial score (nSPS) is 14.4. The number of carbonyl (C=O) groups excluding carboxylic acids is 1. The molecular formula is C24H27N3O3S. The van der Waals surface area contributed by atoms with Gasteiger partial charge in [-0.25, -0.2) is 4.79 Å². The average molecular weight is 438 g/mol. The average Bonchev–Trinajstić information content (AvgIpc) is 3.27. The SMILES string of the molecule is COC(=O)c1cccc(CSc2nnc(-c3ccc(OC)cc3)n2C2CCCCC2)c1. The van der Waals surface area contributed by atoms with E-state index in [9.17, 15) is 4.79 Å². The number of aromatic nitrogens is 3. The van der Waals surface area contributed by atoms with Crippen LogP contribution in [0.2, 0.25) is 0 Å². The fourth-order valence-electron chi connectivity index (χ4n) is 4.03. The number of methoxy groups -OCH3 is 2. The van der Waals surface area contributed by atoms with Crippen LogP contribution in [0.3, 0.4) is 0 Å². The van der Waals surface area contributed by atoms with Gasteiger partial charge in [0.1, 0.15) is 5.75 Å². The van der Waals surface area contributed by atoms with E-state index < -0.39 is 0 Å². The molecule has 0 radical (unpaired) electrons. The van der Waals surface area contributed by atoms with E-state index in [2.05, 4.69) is 14.8 Å². The summed E-state index contributed by atoms with van der Waals surface area (Å²) in [5.41, 5.74) is 2.66. The van der Waals surface area contributed by atoms with Crippen molar-refractivity contribution in [3.8, 4) is 17.1 Å². The lowest BCUT2D eigenvalue weighted by Crippen LogP contribution is -2.15. The molecule has 0 spiro atoms. The summed E-state index contributed by atoms with van der Waals surface area (Å²) in [5.74, 6) is 2.12. The Labute approximate surface area is 187 Å². The fraction of sp³-hybridized carbons (Fsp3) is 0.375. The zero-order valence-electron chi connectivity index (χ0n) is 17.9. The molecule has 31 heavy (non-hydrogen) atoms. The molecule has 162 valence electrons. The predicted molar refractivity (Wildman–Crippen MR) is 121 cm³/mol. The van der Waals surface area contributed by atoms with Crippen LogP contribution in [0.15, 0.2) is 53.7 Å². The van der Waals surface area contributed by atoms with Crippen LogP contribution in [0.4, 0.5) is 0 Å². The van der Waals surface area contributed by atoms with E-state index in [0.717, 1.165) is 40.7 Å². The van der Waals surface area contributed by atoms with Gasteiger partial charge in [-0.2, -0.15) is 0 Å². The van der Waals surface area contributed by atoms with Gasteiger partial charge in [-0.15, -0.1) is 10.2 Å². The van der Waals surface area contributed by atoms with Crippen LogP contribution in [0, 0.1) is 0 Å². The van der Waals surface area contributed by atoms with Crippen molar-refractivity contribution in [3.05, 3.63) is 59.7 Å². The molecule has 4 rings (SSSR count). The molecule has 7 heteroatoms. The van der Waals surface area contributed by atoms with Gasteiger partial charge in [0.2, 0.25) is 0 Å². The third-order valence-electron chi connectivity index (χ3n) is 5.67. The minimum Gasteiger partial charge on any atom is -0.497 e. The molecule has 0 amide bonds. The van der Waals surface area contributed by atoms with Crippen LogP contribution in [0.5, 0.6) is 5.75 Å². The van der Waals surface area contributed by atoms with Crippen LogP contribution in [0.1, 0.15) is 54.1 Å². The minimum absolute atomic E-state index is 0.320. The Balaban J connectivity index is 1.61. The first-order valence-corrected chi connectivity index (χ1v) is 11.6. The van der Waals surface area contributed by atoms with E-state index in [0.29, 0.717) is 17.4 Å². The van der Waals surface area contributed by atoms with Crippen molar-refractivity contribution in [2.24, 2.45) is 0 Å². The van der Waals surface area contributed by atoms with Crippen molar-refractivity contribution >= 4 is 17.7 Å². The number of benzene rings is 2. The van der Waals surface area contributed by atoms with E-state index >= 15 is 0 Å². The summed E-state index contributed by atoms with van der Waals surface area (Å²) in [6, 6.07) is 16.0. The highest BCUT2D eigenvalue weighted by molar-refractivity contribution is 7.98. The van der Waals surface area contributed by atoms with Gasteiger partial charge in [-0.05, 0) is 54.8 Å². The van der Waals surface area contributed by atoms with Crippen molar-refractivity contribution in [3.63, 3.8) is 0 Å². The third kappa shape index (κ3) is 4.93. The highest BCUT2D eigenvalue weighted by Gasteiger charge is 2.24. The molecule has 6 nitrogen and oxygen atoms in total. The monoisotopic (exact) mass is 437 g/mol. The van der Waals surface area contributed by atoms with Gasteiger partial charge in [0, 0.05) is 17.4 Å². The summed E-state index contributed by atoms with van der Waals surface area (Å²) in [7, 11) is 3.07. The molecule has 1 heterocycles. The Kier molecular flexibility index (Phi) is 6.92. The minimum atomic E-state index is -0.320. The largest absolute Gasteiger partial charge is 0.497 e. The molecule has 1 aromatic heterocycles. The zero-order valence-corrected chi connectivity index (χ0v) is 18.7. The summed E-state index contributed by atoms with van der Waals surface area (Å²) in [6.07, 6.45) is 6.05. The summed E-state index contributed by atoms with van der Waals surface area (Å²) < 4.78 is 12.5. The lowest BCUT2D eigenvalue weighted by molar-refractivity contribution is 0.0600. The molecule has 0 unspecified atom stereocenters. The smallest absolute Gasteiger partial charge is 0.337 e. The van der Waals surface area contributed by atoms with Gasteiger partial charge >= 0.3 is 5.97 Å². The molecule has 2 aromatic carbocycles. The fourth-order valence-corrected chi connectivity index (χ4v) is 4.98. The Morgan fingerprint density at radius 2 is 1.84 bits per heavy atom. The van der Waals surface area contributed by atoms with Crippen LogP contribution in [-0.2, 0) is 10.5 Å². The number of rotatable bonds is 7. The molecule has 0 atom stereocenters. The highest BCUT2D eigenvalue weighted by Crippen LogP contribution is 2.36. The van der Waals surface area contributed by atoms with Gasteiger partial charge in [0.15, 0.2) is 11.0 Å². The van der Waals surface area contributed by atoms with Crippen molar-refractivity contribution in [1.29, 1.82) is 0 Å². The maximum absolute atomic E-state index is 11.8. The summed E-state index contributed by atoms with van der Waals surface area (Å²) in [6.45, 7) is 0. The number of carbonyl (C=O) groups is 1. The molecule has 0 saturated heterocycles. The second kappa shape index (κ2) is 10.0. The Hall–Kier alpha value is -2.80. The Morgan fingerprint density at radius 3 is 2.55 bits per heavy atom. The lowest BCUT2D eigenvalue weighted by Gasteiger charge is -2.25. The van der Waals surface area contributed by atoms with Crippen LogP contribution < -0.4 is 4.74 Å². The lowest BCUT2D eigenvalue weighted by atomic mass is 9.95. The summed E-state index contributed by atoms with van der Waals surface area (Å²) in [5, 5.41) is 10.0. The van der Waals surface area contributed by atoms with Crippen LogP contribution in [0.25, 0.3) is 11.4 Å². The predicted octanol–water partition coefficient (Wildman–Crippen LogP) is 5.54. The third-order valence-corrected chi connectivity index (χ3v) is 6.68. The van der Waals surface area contributed by atoms with Crippen LogP contribution >= 0.6 is 11.8 Å². The van der Waals surface area contributed by atoms with Crippen LogP contribution in [-0.4, -0.2) is 35.0 Å². The number of ether oxygens (including phenoxy) is 2. The first-order chi connectivity index (χ1) is 15.2. The molecule has 0 aliphatic heterocycles. The van der Waals surface area contributed by atoms with Crippen molar-refractivity contribution in [2.45, 2.75) is 49.1 Å². The Bertz CT molecular complexity index is 1030. The molecule has 1 fully saturated rings. The van der Waals surface area contributed by atoms with Gasteiger partial charge < -0.3 is 9.47 Å². The van der Waals surface area contributed by atoms with Gasteiger partial charge in [-0.3, -0.25) is 4.57 Å². The first kappa shape index (κ1) is 21.4. The first-order valence-electron chi connectivity index (χ1n) is 10.6. The number of hydrogen-bond acceptors (Lipinski definition) is 6. The molecule has 1 aliphatic carbocycles. The molecule has 1 aliphatic rings. The van der Waals surface area contributed by atoms with E-state index in [-0.39, 0.29) is 5.97 Å². The van der Waals surface area contributed by atoms with Gasteiger partial charge in [-0.1, -0.05) is 43.2 Å². The second-order valence-corrected chi connectivity index (χ2v) is 8.62. The van der Waals surface area contributed by atoms with Crippen molar-refractivity contribution in [1.82, 2.24) is 14.8 Å². The van der Waals surface area contributed by atoms with Crippen molar-refractivity contribution < 1.29 is 14.3 Å². The molecule has 0 N–H and O–H groups in total. The van der Waals surface area contributed by atoms with Crippen molar-refractivity contribution in [2.75, 3.05) is 14.2 Å². The van der Waals surface area contributed by atoms with Gasteiger partial charge in [0.05, 0.1) is 19.8 Å². The number of hydrogen-bond donors (Lipinski definition) is 0. The highest BCUT2D eigenvalue weighted by atomic mass is 32.2.